The quantitative estimate of drug-likeness (QED) is 0.931. The second kappa shape index (κ2) is 6.42. The Bertz CT molecular complexity index is 744. The first-order valence-corrected chi connectivity index (χ1v) is 7.69. The molecule has 1 unspecified atom stereocenters. The number of hydrogen-bond donors (Lipinski definition) is 1. The molecule has 0 saturated carbocycles. The molecule has 1 aliphatic rings. The molecule has 2 aromatic rings. The third-order valence-electron chi connectivity index (χ3n) is 4.10. The van der Waals surface area contributed by atoms with Crippen LogP contribution in [0.4, 0.5) is 0 Å². The average Bonchev–Trinajstić information content (AvgIpc) is 3.16. The maximum Gasteiger partial charge on any atom is 0.354 e. The third-order valence-corrected chi connectivity index (χ3v) is 4.33. The van der Waals surface area contributed by atoms with Crippen molar-refractivity contribution in [2.75, 3.05) is 13.1 Å². The van der Waals surface area contributed by atoms with Crippen LogP contribution in [0.15, 0.2) is 36.8 Å². The fourth-order valence-corrected chi connectivity index (χ4v) is 3.09. The molecular formula is C16H16ClN3O3. The van der Waals surface area contributed by atoms with Gasteiger partial charge in [0.15, 0.2) is 0 Å². The van der Waals surface area contributed by atoms with Crippen molar-refractivity contribution in [2.45, 2.75) is 18.9 Å². The van der Waals surface area contributed by atoms with Crippen molar-refractivity contribution in [1.82, 2.24) is 14.5 Å². The van der Waals surface area contributed by atoms with Crippen LogP contribution in [0.1, 0.15) is 28.4 Å². The van der Waals surface area contributed by atoms with Gasteiger partial charge in [-0.1, -0.05) is 23.7 Å². The highest BCUT2D eigenvalue weighted by molar-refractivity contribution is 6.30. The van der Waals surface area contributed by atoms with E-state index in [9.17, 15) is 9.59 Å². The topological polar surface area (TPSA) is 75.4 Å². The molecule has 1 N–H and O–H groups in total. The zero-order valence-electron chi connectivity index (χ0n) is 12.4. The first-order valence-electron chi connectivity index (χ1n) is 7.31. The molecule has 1 atom stereocenters. The Balaban J connectivity index is 1.66. The molecule has 23 heavy (non-hydrogen) atoms. The van der Waals surface area contributed by atoms with Crippen molar-refractivity contribution in [3.05, 3.63) is 53.1 Å². The standard InChI is InChI=1S/C16H16ClN3O3/c17-13-3-1-2-11(6-13)12-4-5-19(8-12)15(21)9-20-10-18-7-14(20)16(22)23/h1-3,6-7,10,12H,4-5,8-9H2,(H,22,23). The Hall–Kier alpha value is -2.34. The molecule has 1 saturated heterocycles. The van der Waals surface area contributed by atoms with Crippen LogP contribution in [0.3, 0.4) is 0 Å². The van der Waals surface area contributed by atoms with Crippen molar-refractivity contribution in [1.29, 1.82) is 0 Å². The molecule has 0 aliphatic carbocycles. The molecule has 6 nitrogen and oxygen atoms in total. The predicted molar refractivity (Wildman–Crippen MR) is 84.6 cm³/mol. The summed E-state index contributed by atoms with van der Waals surface area (Å²) in [5.41, 5.74) is 1.14. The van der Waals surface area contributed by atoms with Crippen molar-refractivity contribution in [2.24, 2.45) is 0 Å². The van der Waals surface area contributed by atoms with Crippen LogP contribution in [0.2, 0.25) is 5.02 Å². The van der Waals surface area contributed by atoms with Gasteiger partial charge in [0.25, 0.3) is 0 Å². The Morgan fingerprint density at radius 1 is 1.39 bits per heavy atom. The highest BCUT2D eigenvalue weighted by Gasteiger charge is 2.28. The normalized spacial score (nSPS) is 17.4. The highest BCUT2D eigenvalue weighted by Crippen LogP contribution is 2.28. The van der Waals surface area contributed by atoms with Gasteiger partial charge < -0.3 is 14.6 Å². The van der Waals surface area contributed by atoms with Crippen molar-refractivity contribution in [3.8, 4) is 0 Å². The summed E-state index contributed by atoms with van der Waals surface area (Å²) in [7, 11) is 0. The van der Waals surface area contributed by atoms with Gasteiger partial charge in [0.05, 0.1) is 12.5 Å². The summed E-state index contributed by atoms with van der Waals surface area (Å²) in [6.45, 7) is 1.27. The number of amides is 1. The van der Waals surface area contributed by atoms with E-state index in [2.05, 4.69) is 4.98 Å². The number of hydrogen-bond acceptors (Lipinski definition) is 3. The molecule has 7 heteroatoms. The highest BCUT2D eigenvalue weighted by atomic mass is 35.5. The minimum Gasteiger partial charge on any atom is -0.477 e. The molecule has 2 heterocycles. The fourth-order valence-electron chi connectivity index (χ4n) is 2.89. The minimum atomic E-state index is -1.09. The van der Waals surface area contributed by atoms with Crippen LogP contribution in [0.25, 0.3) is 0 Å². The number of carbonyl (C=O) groups is 2. The smallest absolute Gasteiger partial charge is 0.354 e. The van der Waals surface area contributed by atoms with Gasteiger partial charge in [0, 0.05) is 24.0 Å². The zero-order valence-corrected chi connectivity index (χ0v) is 13.1. The summed E-state index contributed by atoms with van der Waals surface area (Å²) in [4.78, 5) is 29.0. The Labute approximate surface area is 138 Å². The Morgan fingerprint density at radius 3 is 2.96 bits per heavy atom. The van der Waals surface area contributed by atoms with Crippen LogP contribution >= 0.6 is 11.6 Å². The lowest BCUT2D eigenvalue weighted by Gasteiger charge is -2.17. The summed E-state index contributed by atoms with van der Waals surface area (Å²) in [6, 6.07) is 7.68. The largest absolute Gasteiger partial charge is 0.477 e. The molecule has 0 bridgehead atoms. The van der Waals surface area contributed by atoms with E-state index in [0.717, 1.165) is 12.0 Å². The number of nitrogens with zero attached hydrogens (tertiary/aromatic N) is 3. The molecule has 1 aromatic heterocycles. The number of carboxylic acid groups (broad SMARTS) is 1. The number of rotatable bonds is 4. The fraction of sp³-hybridized carbons (Fsp3) is 0.312. The zero-order chi connectivity index (χ0) is 16.4. The van der Waals surface area contributed by atoms with Gasteiger partial charge in [-0.25, -0.2) is 9.78 Å². The Kier molecular flexibility index (Phi) is 4.34. The van der Waals surface area contributed by atoms with Crippen molar-refractivity contribution in [3.63, 3.8) is 0 Å². The summed E-state index contributed by atoms with van der Waals surface area (Å²) in [6.07, 6.45) is 3.49. The maximum atomic E-state index is 12.4. The van der Waals surface area contributed by atoms with E-state index < -0.39 is 5.97 Å². The number of carboxylic acids is 1. The van der Waals surface area contributed by atoms with E-state index in [1.165, 1.54) is 17.1 Å². The average molecular weight is 334 g/mol. The van der Waals surface area contributed by atoms with Gasteiger partial charge in [-0.05, 0) is 24.1 Å². The summed E-state index contributed by atoms with van der Waals surface area (Å²) >= 11 is 6.02. The maximum absolute atomic E-state index is 12.4. The lowest BCUT2D eigenvalue weighted by atomic mass is 9.99. The molecule has 1 amide bonds. The van der Waals surface area contributed by atoms with Gasteiger partial charge >= 0.3 is 5.97 Å². The minimum absolute atomic E-state index is 0.0100. The monoisotopic (exact) mass is 333 g/mol. The molecule has 1 fully saturated rings. The van der Waals surface area contributed by atoms with E-state index in [0.29, 0.717) is 18.1 Å². The molecule has 0 spiro atoms. The van der Waals surface area contributed by atoms with Gasteiger partial charge in [-0.3, -0.25) is 4.79 Å². The lowest BCUT2D eigenvalue weighted by Crippen LogP contribution is -2.32. The summed E-state index contributed by atoms with van der Waals surface area (Å²) in [5.74, 6) is -0.928. The molecule has 3 rings (SSSR count). The van der Waals surface area contributed by atoms with Gasteiger partial charge in [-0.15, -0.1) is 0 Å². The predicted octanol–water partition coefficient (Wildman–Crippen LogP) is 2.25. The van der Waals surface area contributed by atoms with Crippen molar-refractivity contribution < 1.29 is 14.7 Å². The van der Waals surface area contributed by atoms with Crippen LogP contribution in [0, 0.1) is 0 Å². The van der Waals surface area contributed by atoms with Gasteiger partial charge in [0.2, 0.25) is 5.91 Å². The molecule has 120 valence electrons. The van der Waals surface area contributed by atoms with Gasteiger partial charge in [0.1, 0.15) is 12.2 Å². The number of aromatic nitrogens is 2. The van der Waals surface area contributed by atoms with E-state index in [1.54, 1.807) is 4.90 Å². The van der Waals surface area contributed by atoms with Crippen molar-refractivity contribution >= 4 is 23.5 Å². The van der Waals surface area contributed by atoms with Gasteiger partial charge in [-0.2, -0.15) is 0 Å². The van der Waals surface area contributed by atoms with Crippen LogP contribution < -0.4 is 0 Å². The molecular weight excluding hydrogens is 318 g/mol. The SMILES string of the molecule is O=C(O)c1cncn1CC(=O)N1CCC(c2cccc(Cl)c2)C1. The van der Waals surface area contributed by atoms with E-state index in [-0.39, 0.29) is 24.1 Å². The summed E-state index contributed by atoms with van der Waals surface area (Å²) in [5, 5.41) is 9.74. The number of benzene rings is 1. The first kappa shape index (κ1) is 15.6. The number of halogens is 1. The first-order chi connectivity index (χ1) is 11.0. The van der Waals surface area contributed by atoms with Crippen LogP contribution in [-0.2, 0) is 11.3 Å². The second-order valence-electron chi connectivity index (χ2n) is 5.59. The number of likely N-dealkylation sites (tertiary alicyclic amines) is 1. The second-order valence-corrected chi connectivity index (χ2v) is 6.03. The number of carbonyl (C=O) groups excluding carboxylic acids is 1. The summed E-state index contributed by atoms with van der Waals surface area (Å²) < 4.78 is 1.36. The molecule has 1 aromatic carbocycles. The van der Waals surface area contributed by atoms with Crippen LogP contribution in [0.5, 0.6) is 0 Å². The molecule has 1 aliphatic heterocycles. The Morgan fingerprint density at radius 2 is 2.22 bits per heavy atom. The third kappa shape index (κ3) is 3.37. The number of aromatic carboxylic acids is 1. The number of imidazole rings is 1. The van der Waals surface area contributed by atoms with E-state index in [1.807, 2.05) is 24.3 Å². The lowest BCUT2D eigenvalue weighted by molar-refractivity contribution is -0.130. The van der Waals surface area contributed by atoms with E-state index in [4.69, 9.17) is 16.7 Å². The van der Waals surface area contributed by atoms with Crippen LogP contribution in [-0.4, -0.2) is 44.5 Å². The molecule has 0 radical (unpaired) electrons. The van der Waals surface area contributed by atoms with E-state index >= 15 is 0 Å².